The second kappa shape index (κ2) is 7.12. The first-order valence-electron chi connectivity index (χ1n) is 8.07. The van der Waals surface area contributed by atoms with Crippen LogP contribution in [0.3, 0.4) is 0 Å². The third-order valence-corrected chi connectivity index (χ3v) is 5.06. The lowest BCUT2D eigenvalue weighted by Gasteiger charge is -2.33. The zero-order valence-electron chi connectivity index (χ0n) is 14.6. The average molecular weight is 384 g/mol. The molecule has 1 heterocycles. The van der Waals surface area contributed by atoms with Gasteiger partial charge in [0.15, 0.2) is 0 Å². The number of carbonyl (C=O) groups is 1. The Hall–Kier alpha value is -1.23. The Morgan fingerprint density at radius 2 is 1.70 bits per heavy atom. The standard InChI is InChI=1S/C18H26BrNO3/c1-12-10-15(11-13(2)16(12)19)22-14-6-8-20(9-7-14)17(21)23-18(3,4)5/h10-11,14H,6-9H2,1-5H3. The van der Waals surface area contributed by atoms with Crippen molar-refractivity contribution in [3.05, 3.63) is 27.7 Å². The Kier molecular flexibility index (Phi) is 5.61. The highest BCUT2D eigenvalue weighted by Crippen LogP contribution is 2.28. The van der Waals surface area contributed by atoms with Crippen molar-refractivity contribution >= 4 is 22.0 Å². The second-order valence-electron chi connectivity index (χ2n) is 7.16. The summed E-state index contributed by atoms with van der Waals surface area (Å²) >= 11 is 3.57. The van der Waals surface area contributed by atoms with Crippen LogP contribution in [0.1, 0.15) is 44.7 Å². The number of carbonyl (C=O) groups excluding carboxylic acids is 1. The Bertz CT molecular complexity index is 549. The van der Waals surface area contributed by atoms with Gasteiger partial charge in [0.25, 0.3) is 0 Å². The third kappa shape index (κ3) is 5.13. The molecule has 128 valence electrons. The molecule has 1 aliphatic rings. The predicted octanol–water partition coefficient (Wildman–Crippen LogP) is 4.84. The fraction of sp³-hybridized carbons (Fsp3) is 0.611. The van der Waals surface area contributed by atoms with Gasteiger partial charge in [0, 0.05) is 30.4 Å². The highest BCUT2D eigenvalue weighted by molar-refractivity contribution is 9.10. The number of nitrogens with zero attached hydrogens (tertiary/aromatic N) is 1. The van der Waals surface area contributed by atoms with Gasteiger partial charge in [-0.15, -0.1) is 0 Å². The van der Waals surface area contributed by atoms with E-state index in [2.05, 4.69) is 41.9 Å². The van der Waals surface area contributed by atoms with Gasteiger partial charge < -0.3 is 14.4 Å². The molecule has 4 nitrogen and oxygen atoms in total. The molecule has 0 radical (unpaired) electrons. The molecule has 1 aromatic rings. The molecule has 0 aromatic heterocycles. The van der Waals surface area contributed by atoms with E-state index in [1.807, 2.05) is 20.8 Å². The van der Waals surface area contributed by atoms with Crippen LogP contribution in [0.25, 0.3) is 0 Å². The largest absolute Gasteiger partial charge is 0.490 e. The minimum absolute atomic E-state index is 0.147. The van der Waals surface area contributed by atoms with E-state index in [0.717, 1.165) is 23.1 Å². The topological polar surface area (TPSA) is 38.8 Å². The van der Waals surface area contributed by atoms with Crippen molar-refractivity contribution in [1.29, 1.82) is 0 Å². The van der Waals surface area contributed by atoms with Crippen LogP contribution in [0.15, 0.2) is 16.6 Å². The summed E-state index contributed by atoms with van der Waals surface area (Å²) in [6.07, 6.45) is 1.57. The number of aryl methyl sites for hydroxylation is 2. The van der Waals surface area contributed by atoms with E-state index in [4.69, 9.17) is 9.47 Å². The van der Waals surface area contributed by atoms with Gasteiger partial charge in [-0.3, -0.25) is 0 Å². The van der Waals surface area contributed by atoms with E-state index in [0.29, 0.717) is 13.1 Å². The van der Waals surface area contributed by atoms with Crippen LogP contribution in [0, 0.1) is 13.8 Å². The molecule has 0 unspecified atom stereocenters. The van der Waals surface area contributed by atoms with Crippen LogP contribution < -0.4 is 4.74 Å². The van der Waals surface area contributed by atoms with Crippen molar-refractivity contribution in [1.82, 2.24) is 4.90 Å². The molecule has 1 saturated heterocycles. The molecule has 1 fully saturated rings. The summed E-state index contributed by atoms with van der Waals surface area (Å²) in [6, 6.07) is 4.11. The minimum Gasteiger partial charge on any atom is -0.490 e. The van der Waals surface area contributed by atoms with Gasteiger partial charge in [-0.2, -0.15) is 0 Å². The number of ether oxygens (including phenoxy) is 2. The Morgan fingerprint density at radius 3 is 2.17 bits per heavy atom. The number of hydrogen-bond acceptors (Lipinski definition) is 3. The van der Waals surface area contributed by atoms with Gasteiger partial charge in [0.2, 0.25) is 0 Å². The lowest BCUT2D eigenvalue weighted by molar-refractivity contribution is 0.0126. The van der Waals surface area contributed by atoms with Crippen molar-refractivity contribution < 1.29 is 14.3 Å². The van der Waals surface area contributed by atoms with E-state index in [1.54, 1.807) is 4.90 Å². The first-order valence-corrected chi connectivity index (χ1v) is 8.86. The summed E-state index contributed by atoms with van der Waals surface area (Å²) in [5, 5.41) is 0. The summed E-state index contributed by atoms with van der Waals surface area (Å²) in [4.78, 5) is 13.8. The summed E-state index contributed by atoms with van der Waals surface area (Å²) in [5.41, 5.74) is 1.90. The summed E-state index contributed by atoms with van der Waals surface area (Å²) < 4.78 is 12.6. The molecular formula is C18H26BrNO3. The van der Waals surface area contributed by atoms with Crippen LogP contribution >= 0.6 is 15.9 Å². The van der Waals surface area contributed by atoms with E-state index < -0.39 is 5.60 Å². The first kappa shape index (κ1) is 18.1. The summed E-state index contributed by atoms with van der Waals surface area (Å²) in [7, 11) is 0. The fourth-order valence-corrected chi connectivity index (χ4v) is 2.88. The number of likely N-dealkylation sites (tertiary alicyclic amines) is 1. The molecular weight excluding hydrogens is 358 g/mol. The predicted molar refractivity (Wildman–Crippen MR) is 95.1 cm³/mol. The fourth-order valence-electron chi connectivity index (χ4n) is 2.65. The van der Waals surface area contributed by atoms with Gasteiger partial charge in [0.1, 0.15) is 17.5 Å². The highest BCUT2D eigenvalue weighted by Gasteiger charge is 2.27. The SMILES string of the molecule is Cc1cc(OC2CCN(C(=O)OC(C)(C)C)CC2)cc(C)c1Br. The summed E-state index contributed by atoms with van der Waals surface area (Å²) in [5.74, 6) is 0.902. The van der Waals surface area contributed by atoms with Gasteiger partial charge >= 0.3 is 6.09 Å². The molecule has 1 aromatic carbocycles. The quantitative estimate of drug-likeness (QED) is 0.732. The zero-order valence-corrected chi connectivity index (χ0v) is 16.2. The molecule has 0 aliphatic carbocycles. The van der Waals surface area contributed by atoms with Crippen LogP contribution in [-0.2, 0) is 4.74 Å². The molecule has 1 aliphatic heterocycles. The third-order valence-electron chi connectivity index (χ3n) is 3.81. The monoisotopic (exact) mass is 383 g/mol. The van der Waals surface area contributed by atoms with E-state index in [-0.39, 0.29) is 12.2 Å². The first-order chi connectivity index (χ1) is 10.7. The lowest BCUT2D eigenvalue weighted by Crippen LogP contribution is -2.44. The Labute approximate surface area is 147 Å². The molecule has 0 saturated carbocycles. The maximum Gasteiger partial charge on any atom is 0.410 e. The maximum absolute atomic E-state index is 12.1. The van der Waals surface area contributed by atoms with Crippen molar-refractivity contribution in [2.45, 2.75) is 59.2 Å². The Balaban J connectivity index is 1.89. The van der Waals surface area contributed by atoms with Gasteiger partial charge in [-0.25, -0.2) is 4.79 Å². The van der Waals surface area contributed by atoms with Crippen molar-refractivity contribution in [2.24, 2.45) is 0 Å². The Morgan fingerprint density at radius 1 is 1.17 bits per heavy atom. The van der Waals surface area contributed by atoms with Gasteiger partial charge in [-0.1, -0.05) is 15.9 Å². The van der Waals surface area contributed by atoms with Crippen LogP contribution in [0.4, 0.5) is 4.79 Å². The van der Waals surface area contributed by atoms with Crippen LogP contribution in [0.5, 0.6) is 5.75 Å². The molecule has 0 N–H and O–H groups in total. The zero-order chi connectivity index (χ0) is 17.2. The molecule has 2 rings (SSSR count). The van der Waals surface area contributed by atoms with Gasteiger partial charge in [0.05, 0.1) is 0 Å². The number of halogens is 1. The number of rotatable bonds is 2. The second-order valence-corrected chi connectivity index (χ2v) is 7.95. The van der Waals surface area contributed by atoms with Crippen LogP contribution in [0.2, 0.25) is 0 Å². The van der Waals surface area contributed by atoms with E-state index in [9.17, 15) is 4.79 Å². The lowest BCUT2D eigenvalue weighted by atomic mass is 10.1. The highest BCUT2D eigenvalue weighted by atomic mass is 79.9. The number of amides is 1. The normalized spacial score (nSPS) is 16.3. The smallest absolute Gasteiger partial charge is 0.410 e. The molecule has 0 bridgehead atoms. The molecule has 0 spiro atoms. The van der Waals surface area contributed by atoms with Crippen molar-refractivity contribution in [3.8, 4) is 5.75 Å². The van der Waals surface area contributed by atoms with Crippen molar-refractivity contribution in [2.75, 3.05) is 13.1 Å². The van der Waals surface area contributed by atoms with Crippen LogP contribution in [-0.4, -0.2) is 35.8 Å². The number of hydrogen-bond donors (Lipinski definition) is 0. The molecule has 5 heteroatoms. The minimum atomic E-state index is -0.448. The molecule has 1 amide bonds. The van der Waals surface area contributed by atoms with Crippen molar-refractivity contribution in [3.63, 3.8) is 0 Å². The summed E-state index contributed by atoms with van der Waals surface area (Å²) in [6.45, 7) is 11.1. The maximum atomic E-state index is 12.1. The van der Waals surface area contributed by atoms with E-state index in [1.165, 1.54) is 11.1 Å². The molecule has 23 heavy (non-hydrogen) atoms. The van der Waals surface area contributed by atoms with E-state index >= 15 is 0 Å². The van der Waals surface area contributed by atoms with Gasteiger partial charge in [-0.05, 0) is 57.9 Å². The average Bonchev–Trinajstić information content (AvgIpc) is 2.43. The number of piperidine rings is 1. The molecule has 0 atom stereocenters. The number of benzene rings is 1.